The summed E-state index contributed by atoms with van der Waals surface area (Å²) in [5.41, 5.74) is 0.294. The van der Waals surface area contributed by atoms with Crippen molar-refractivity contribution in [2.75, 3.05) is 75.8 Å². The van der Waals surface area contributed by atoms with E-state index in [9.17, 15) is 17.2 Å². The first-order chi connectivity index (χ1) is 13.4. The van der Waals surface area contributed by atoms with E-state index in [0.717, 1.165) is 24.6 Å². The summed E-state index contributed by atoms with van der Waals surface area (Å²) >= 11 is 0. The van der Waals surface area contributed by atoms with Crippen molar-refractivity contribution in [1.29, 1.82) is 0 Å². The molecule has 0 radical (unpaired) electrons. The van der Waals surface area contributed by atoms with Crippen molar-refractivity contribution in [3.8, 4) is 0 Å². The van der Waals surface area contributed by atoms with Gasteiger partial charge in [0, 0.05) is 65.5 Å². The van der Waals surface area contributed by atoms with Gasteiger partial charge in [-0.3, -0.25) is 9.89 Å². The van der Waals surface area contributed by atoms with Gasteiger partial charge in [0.25, 0.3) is 0 Å². The lowest BCUT2D eigenvalue weighted by atomic mass is 10.2. The van der Waals surface area contributed by atoms with Crippen LogP contribution in [0.4, 0.5) is 14.5 Å². The molecule has 2 aliphatic rings. The van der Waals surface area contributed by atoms with Crippen molar-refractivity contribution in [3.63, 3.8) is 0 Å². The fourth-order valence-corrected chi connectivity index (χ4v) is 4.80. The lowest BCUT2D eigenvalue weighted by Gasteiger charge is -2.38. The molecule has 29 heavy (non-hydrogen) atoms. The van der Waals surface area contributed by atoms with Crippen molar-refractivity contribution < 1.29 is 17.2 Å². The zero-order valence-corrected chi connectivity index (χ0v) is 19.6. The van der Waals surface area contributed by atoms with Crippen LogP contribution in [-0.4, -0.2) is 95.1 Å². The number of benzene rings is 1. The molecule has 1 N–H and O–H groups in total. The number of aliphatic imine (C=N–C) groups is 1. The number of hydrogen-bond donors (Lipinski definition) is 1. The molecule has 0 amide bonds. The molecule has 164 valence electrons. The summed E-state index contributed by atoms with van der Waals surface area (Å²) in [5.74, 6) is 0.354. The van der Waals surface area contributed by atoms with E-state index in [2.05, 4.69) is 20.1 Å². The van der Waals surface area contributed by atoms with Gasteiger partial charge in [-0.1, -0.05) is 0 Å². The van der Waals surface area contributed by atoms with Crippen LogP contribution in [0.2, 0.25) is 0 Å². The smallest absolute Gasteiger partial charge is 0.193 e. The van der Waals surface area contributed by atoms with Crippen molar-refractivity contribution in [2.45, 2.75) is 0 Å². The Bertz CT molecular complexity index is 802. The Morgan fingerprint density at radius 1 is 1.10 bits per heavy atom. The number of nitrogens with one attached hydrogen (secondary N) is 1. The normalized spacial score (nSPS) is 20.3. The predicted molar refractivity (Wildman–Crippen MR) is 122 cm³/mol. The molecule has 2 saturated heterocycles. The Morgan fingerprint density at radius 2 is 1.76 bits per heavy atom. The number of anilines is 1. The zero-order valence-electron chi connectivity index (χ0n) is 16.5. The summed E-state index contributed by atoms with van der Waals surface area (Å²) < 4.78 is 50.4. The van der Waals surface area contributed by atoms with Crippen LogP contribution in [-0.2, 0) is 9.84 Å². The Kier molecular flexibility index (Phi) is 8.89. The van der Waals surface area contributed by atoms with E-state index in [0.29, 0.717) is 51.5 Å². The van der Waals surface area contributed by atoms with Gasteiger partial charge in [0.1, 0.15) is 11.6 Å². The molecular weight excluding hydrogens is 515 g/mol. The third-order valence-electron chi connectivity index (χ3n) is 5.19. The molecule has 0 unspecified atom stereocenters. The summed E-state index contributed by atoms with van der Waals surface area (Å²) in [4.78, 5) is 10.4. The molecule has 0 bridgehead atoms. The number of rotatable bonds is 4. The monoisotopic (exact) mass is 543 g/mol. The highest BCUT2D eigenvalue weighted by atomic mass is 127. The molecule has 0 saturated carbocycles. The van der Waals surface area contributed by atoms with E-state index in [1.807, 2.05) is 4.90 Å². The minimum absolute atomic E-state index is 0. The Balaban J connectivity index is 0.00000300. The Morgan fingerprint density at radius 3 is 2.38 bits per heavy atom. The van der Waals surface area contributed by atoms with Gasteiger partial charge in [-0.05, 0) is 12.1 Å². The Hall–Kier alpha value is -1.21. The van der Waals surface area contributed by atoms with E-state index in [-0.39, 0.29) is 35.5 Å². The standard InChI is InChI=1S/C18H27F2N5O2S.HI/c1-21-18(22-4-5-23-10-12-28(26,27)13-11-23)25-8-6-24(7-9-25)17-14-15(19)2-3-16(17)20;/h2-3,14H,4-13H2,1H3,(H,21,22);1H. The third kappa shape index (κ3) is 6.64. The lowest BCUT2D eigenvalue weighted by molar-refractivity contribution is 0.296. The SMILES string of the molecule is CN=C(NCCN1CCS(=O)(=O)CC1)N1CCN(c2cc(F)ccc2F)CC1.I. The van der Waals surface area contributed by atoms with Crippen molar-refractivity contribution in [2.24, 2.45) is 4.99 Å². The van der Waals surface area contributed by atoms with Gasteiger partial charge in [-0.15, -0.1) is 24.0 Å². The van der Waals surface area contributed by atoms with E-state index >= 15 is 0 Å². The number of hydrogen-bond acceptors (Lipinski definition) is 5. The molecule has 2 heterocycles. The first kappa shape index (κ1) is 24.1. The van der Waals surface area contributed by atoms with Gasteiger partial charge in [0.2, 0.25) is 0 Å². The number of sulfone groups is 1. The van der Waals surface area contributed by atoms with E-state index in [1.54, 1.807) is 7.05 Å². The fraction of sp³-hybridized carbons (Fsp3) is 0.611. The maximum atomic E-state index is 14.0. The van der Waals surface area contributed by atoms with Gasteiger partial charge < -0.3 is 15.1 Å². The Labute approximate surface area is 188 Å². The first-order valence-electron chi connectivity index (χ1n) is 9.46. The molecule has 0 atom stereocenters. The third-order valence-corrected chi connectivity index (χ3v) is 6.80. The molecule has 1 aromatic carbocycles. The van der Waals surface area contributed by atoms with E-state index < -0.39 is 21.5 Å². The lowest BCUT2D eigenvalue weighted by Crippen LogP contribution is -2.53. The molecule has 0 aromatic heterocycles. The summed E-state index contributed by atoms with van der Waals surface area (Å²) in [6.45, 7) is 5.01. The van der Waals surface area contributed by atoms with Gasteiger partial charge in [0.15, 0.2) is 15.8 Å². The van der Waals surface area contributed by atoms with Crippen LogP contribution in [0.1, 0.15) is 0 Å². The number of piperazine rings is 1. The van der Waals surface area contributed by atoms with Crippen LogP contribution in [0, 0.1) is 11.6 Å². The van der Waals surface area contributed by atoms with Crippen LogP contribution in [0.5, 0.6) is 0 Å². The van der Waals surface area contributed by atoms with E-state index in [4.69, 9.17) is 0 Å². The minimum Gasteiger partial charge on any atom is -0.366 e. The topological polar surface area (TPSA) is 68.2 Å². The zero-order chi connectivity index (χ0) is 20.1. The second kappa shape index (κ2) is 10.7. The second-order valence-electron chi connectivity index (χ2n) is 7.04. The molecule has 2 aliphatic heterocycles. The summed E-state index contributed by atoms with van der Waals surface area (Å²) in [6.07, 6.45) is 0. The molecular formula is C18H28F2IN5O2S. The molecule has 0 spiro atoms. The molecule has 0 aliphatic carbocycles. The molecule has 7 nitrogen and oxygen atoms in total. The van der Waals surface area contributed by atoms with E-state index in [1.165, 1.54) is 6.07 Å². The largest absolute Gasteiger partial charge is 0.366 e. The highest BCUT2D eigenvalue weighted by molar-refractivity contribution is 14.0. The first-order valence-corrected chi connectivity index (χ1v) is 11.3. The highest BCUT2D eigenvalue weighted by Crippen LogP contribution is 2.21. The fourth-order valence-electron chi connectivity index (χ4n) is 3.52. The number of guanidine groups is 1. The van der Waals surface area contributed by atoms with Crippen LogP contribution < -0.4 is 10.2 Å². The average molecular weight is 543 g/mol. The summed E-state index contributed by atoms with van der Waals surface area (Å²) in [7, 11) is -1.14. The number of halogens is 3. The van der Waals surface area contributed by atoms with Crippen molar-refractivity contribution >= 4 is 45.5 Å². The predicted octanol–water partition coefficient (Wildman–Crippen LogP) is 1.01. The molecule has 1 aromatic rings. The summed E-state index contributed by atoms with van der Waals surface area (Å²) in [5, 5.41) is 3.31. The minimum atomic E-state index is -2.86. The van der Waals surface area contributed by atoms with Crippen molar-refractivity contribution in [3.05, 3.63) is 29.8 Å². The van der Waals surface area contributed by atoms with Crippen molar-refractivity contribution in [1.82, 2.24) is 15.1 Å². The van der Waals surface area contributed by atoms with Gasteiger partial charge in [0.05, 0.1) is 17.2 Å². The summed E-state index contributed by atoms with van der Waals surface area (Å²) in [6, 6.07) is 3.51. The maximum absolute atomic E-state index is 14.0. The maximum Gasteiger partial charge on any atom is 0.193 e. The molecule has 2 fully saturated rings. The second-order valence-corrected chi connectivity index (χ2v) is 9.34. The van der Waals surface area contributed by atoms with Gasteiger partial charge >= 0.3 is 0 Å². The highest BCUT2D eigenvalue weighted by Gasteiger charge is 2.23. The quantitative estimate of drug-likeness (QED) is 0.348. The van der Waals surface area contributed by atoms with Gasteiger partial charge in [-0.25, -0.2) is 17.2 Å². The van der Waals surface area contributed by atoms with Crippen LogP contribution in [0.3, 0.4) is 0 Å². The van der Waals surface area contributed by atoms with Crippen LogP contribution in [0.15, 0.2) is 23.2 Å². The molecule has 3 rings (SSSR count). The van der Waals surface area contributed by atoms with Gasteiger partial charge in [-0.2, -0.15) is 0 Å². The van der Waals surface area contributed by atoms with Crippen LogP contribution in [0.25, 0.3) is 0 Å². The average Bonchev–Trinajstić information content (AvgIpc) is 2.68. The molecule has 11 heteroatoms. The van der Waals surface area contributed by atoms with Crippen LogP contribution >= 0.6 is 24.0 Å². The number of nitrogens with zero attached hydrogens (tertiary/aromatic N) is 4.